The van der Waals surface area contributed by atoms with E-state index in [0.29, 0.717) is 12.2 Å². The van der Waals surface area contributed by atoms with Crippen LogP contribution in [0.4, 0.5) is 18.9 Å². The number of halogens is 3. The van der Waals surface area contributed by atoms with Gasteiger partial charge in [-0.25, -0.2) is 0 Å². The largest absolute Gasteiger partial charge is 0.416 e. The second-order valence-corrected chi connectivity index (χ2v) is 5.24. The molecule has 0 saturated carbocycles. The first kappa shape index (κ1) is 15.4. The average molecular weight is 293 g/mol. The predicted molar refractivity (Wildman–Crippen MR) is 79.4 cm³/mol. The van der Waals surface area contributed by atoms with Gasteiger partial charge in [-0.05, 0) is 55.2 Å². The minimum absolute atomic E-state index is 0.236. The Bertz CT molecular complexity index is 645. The van der Waals surface area contributed by atoms with Crippen LogP contribution in [0.2, 0.25) is 0 Å². The topological polar surface area (TPSA) is 12.0 Å². The third-order valence-electron chi connectivity index (χ3n) is 3.74. The van der Waals surface area contributed by atoms with Crippen LogP contribution in [0.5, 0.6) is 0 Å². The highest BCUT2D eigenvalue weighted by atomic mass is 19.4. The van der Waals surface area contributed by atoms with Crippen molar-refractivity contribution in [3.8, 4) is 0 Å². The Morgan fingerprint density at radius 3 is 2.33 bits per heavy atom. The first-order chi connectivity index (χ1) is 9.79. The molecule has 0 atom stereocenters. The third-order valence-corrected chi connectivity index (χ3v) is 3.74. The maximum absolute atomic E-state index is 12.9. The number of aryl methyl sites for hydroxylation is 2. The lowest BCUT2D eigenvalue weighted by Gasteiger charge is -2.14. The number of anilines is 1. The highest BCUT2D eigenvalue weighted by Crippen LogP contribution is 2.33. The summed E-state index contributed by atoms with van der Waals surface area (Å²) >= 11 is 0. The summed E-state index contributed by atoms with van der Waals surface area (Å²) in [7, 11) is 0. The van der Waals surface area contributed by atoms with Crippen LogP contribution in [0.15, 0.2) is 36.4 Å². The number of hydrogen-bond donors (Lipinski definition) is 1. The highest BCUT2D eigenvalue weighted by molar-refractivity contribution is 5.50. The van der Waals surface area contributed by atoms with Crippen molar-refractivity contribution >= 4 is 5.69 Å². The van der Waals surface area contributed by atoms with Gasteiger partial charge >= 0.3 is 6.18 Å². The lowest BCUT2D eigenvalue weighted by molar-refractivity contribution is -0.138. The molecular formula is C17H18F3N. The van der Waals surface area contributed by atoms with Gasteiger partial charge in [-0.3, -0.25) is 0 Å². The summed E-state index contributed by atoms with van der Waals surface area (Å²) in [6.45, 7) is 6.01. The maximum atomic E-state index is 12.9. The van der Waals surface area contributed by atoms with Crippen molar-refractivity contribution in [3.63, 3.8) is 0 Å². The minimum Gasteiger partial charge on any atom is -0.381 e. The van der Waals surface area contributed by atoms with Gasteiger partial charge in [0.2, 0.25) is 0 Å². The fourth-order valence-electron chi connectivity index (χ4n) is 2.24. The first-order valence-electron chi connectivity index (χ1n) is 6.76. The molecule has 0 aliphatic rings. The number of alkyl halides is 3. The van der Waals surface area contributed by atoms with Gasteiger partial charge in [0.05, 0.1) is 5.56 Å². The molecule has 0 heterocycles. The SMILES string of the molecule is Cc1ccc(NCc2cccc(C)c2C)cc1C(F)(F)F. The molecule has 0 bridgehead atoms. The van der Waals surface area contributed by atoms with Crippen molar-refractivity contribution in [2.24, 2.45) is 0 Å². The monoisotopic (exact) mass is 293 g/mol. The molecule has 21 heavy (non-hydrogen) atoms. The van der Waals surface area contributed by atoms with Crippen LogP contribution in [0, 0.1) is 20.8 Å². The molecule has 2 rings (SSSR count). The summed E-state index contributed by atoms with van der Waals surface area (Å²) < 4.78 is 38.6. The highest BCUT2D eigenvalue weighted by Gasteiger charge is 2.32. The zero-order chi connectivity index (χ0) is 15.6. The van der Waals surface area contributed by atoms with Crippen molar-refractivity contribution in [2.75, 3.05) is 5.32 Å². The molecule has 0 fully saturated rings. The fourth-order valence-corrected chi connectivity index (χ4v) is 2.24. The Morgan fingerprint density at radius 1 is 0.952 bits per heavy atom. The second kappa shape index (κ2) is 5.80. The van der Waals surface area contributed by atoms with Crippen molar-refractivity contribution in [1.82, 2.24) is 0 Å². The Kier molecular flexibility index (Phi) is 4.26. The van der Waals surface area contributed by atoms with Gasteiger partial charge in [0.15, 0.2) is 0 Å². The molecule has 2 aromatic rings. The van der Waals surface area contributed by atoms with Gasteiger partial charge in [-0.2, -0.15) is 13.2 Å². The van der Waals surface area contributed by atoms with Crippen LogP contribution in [0.1, 0.15) is 27.8 Å². The van der Waals surface area contributed by atoms with E-state index in [4.69, 9.17) is 0 Å². The molecular weight excluding hydrogens is 275 g/mol. The first-order valence-corrected chi connectivity index (χ1v) is 6.76. The molecule has 0 aliphatic carbocycles. The summed E-state index contributed by atoms with van der Waals surface area (Å²) in [6.07, 6.45) is -4.32. The van der Waals surface area contributed by atoms with E-state index in [-0.39, 0.29) is 5.56 Å². The van der Waals surface area contributed by atoms with Crippen LogP contribution in [-0.2, 0) is 12.7 Å². The lowest BCUT2D eigenvalue weighted by atomic mass is 10.0. The molecule has 0 unspecified atom stereocenters. The van der Waals surface area contributed by atoms with Crippen LogP contribution in [0.25, 0.3) is 0 Å². The average Bonchev–Trinajstić information content (AvgIpc) is 2.40. The quantitative estimate of drug-likeness (QED) is 0.815. The van der Waals surface area contributed by atoms with Gasteiger partial charge in [0.1, 0.15) is 0 Å². The van der Waals surface area contributed by atoms with Gasteiger partial charge < -0.3 is 5.32 Å². The van der Waals surface area contributed by atoms with E-state index in [1.165, 1.54) is 24.6 Å². The Hall–Kier alpha value is -1.97. The summed E-state index contributed by atoms with van der Waals surface area (Å²) in [4.78, 5) is 0. The number of nitrogens with one attached hydrogen (secondary N) is 1. The van der Waals surface area contributed by atoms with E-state index < -0.39 is 11.7 Å². The zero-order valence-corrected chi connectivity index (χ0v) is 12.3. The van der Waals surface area contributed by atoms with Crippen LogP contribution < -0.4 is 5.32 Å². The molecule has 0 aliphatic heterocycles. The molecule has 0 aromatic heterocycles. The van der Waals surface area contributed by atoms with E-state index >= 15 is 0 Å². The lowest BCUT2D eigenvalue weighted by Crippen LogP contribution is -2.09. The predicted octanol–water partition coefficient (Wildman–Crippen LogP) is 5.24. The number of hydrogen-bond acceptors (Lipinski definition) is 1. The van der Waals surface area contributed by atoms with E-state index in [1.54, 1.807) is 6.07 Å². The molecule has 0 radical (unpaired) electrons. The molecule has 4 heteroatoms. The molecule has 2 aromatic carbocycles. The van der Waals surface area contributed by atoms with E-state index in [1.807, 2.05) is 32.0 Å². The summed E-state index contributed by atoms with van der Waals surface area (Å²) in [5.74, 6) is 0. The van der Waals surface area contributed by atoms with Crippen molar-refractivity contribution < 1.29 is 13.2 Å². The molecule has 112 valence electrons. The molecule has 1 N–H and O–H groups in total. The van der Waals surface area contributed by atoms with Crippen LogP contribution in [-0.4, -0.2) is 0 Å². The van der Waals surface area contributed by atoms with Gasteiger partial charge in [0.25, 0.3) is 0 Å². The second-order valence-electron chi connectivity index (χ2n) is 5.24. The maximum Gasteiger partial charge on any atom is 0.416 e. The smallest absolute Gasteiger partial charge is 0.381 e. The molecule has 0 amide bonds. The molecule has 0 saturated heterocycles. The summed E-state index contributed by atoms with van der Waals surface area (Å²) in [5.41, 5.74) is 3.55. The van der Waals surface area contributed by atoms with Crippen molar-refractivity contribution in [3.05, 3.63) is 64.2 Å². The number of benzene rings is 2. The van der Waals surface area contributed by atoms with Crippen molar-refractivity contribution in [1.29, 1.82) is 0 Å². The van der Waals surface area contributed by atoms with E-state index in [0.717, 1.165) is 11.1 Å². The minimum atomic E-state index is -4.32. The number of rotatable bonds is 3. The van der Waals surface area contributed by atoms with Crippen LogP contribution in [0.3, 0.4) is 0 Å². The Morgan fingerprint density at radius 2 is 1.67 bits per heavy atom. The van der Waals surface area contributed by atoms with Gasteiger partial charge in [-0.15, -0.1) is 0 Å². The molecule has 0 spiro atoms. The zero-order valence-electron chi connectivity index (χ0n) is 12.3. The van der Waals surface area contributed by atoms with Crippen LogP contribution >= 0.6 is 0 Å². The third kappa shape index (κ3) is 3.57. The standard InChI is InChI=1S/C17H18F3N/c1-11-5-4-6-14(13(11)3)10-21-15-8-7-12(2)16(9-15)17(18,19)20/h4-9,21H,10H2,1-3H3. The van der Waals surface area contributed by atoms with E-state index in [2.05, 4.69) is 5.32 Å². The summed E-state index contributed by atoms with van der Waals surface area (Å²) in [6, 6.07) is 10.3. The van der Waals surface area contributed by atoms with Crippen molar-refractivity contribution in [2.45, 2.75) is 33.5 Å². The Labute approximate surface area is 122 Å². The summed E-state index contributed by atoms with van der Waals surface area (Å²) in [5, 5.41) is 3.07. The normalized spacial score (nSPS) is 11.5. The van der Waals surface area contributed by atoms with Gasteiger partial charge in [-0.1, -0.05) is 24.3 Å². The fraction of sp³-hybridized carbons (Fsp3) is 0.294. The molecule has 1 nitrogen and oxygen atoms in total. The van der Waals surface area contributed by atoms with E-state index in [9.17, 15) is 13.2 Å². The Balaban J connectivity index is 2.19. The van der Waals surface area contributed by atoms with Gasteiger partial charge in [0, 0.05) is 12.2 Å².